The summed E-state index contributed by atoms with van der Waals surface area (Å²) in [4.78, 5) is 26.9. The third-order valence-electron chi connectivity index (χ3n) is 8.59. The van der Waals surface area contributed by atoms with Gasteiger partial charge in [0.05, 0.1) is 19.8 Å². The third-order valence-corrected chi connectivity index (χ3v) is 9.58. The smallest absolute Gasteiger partial charge is 0.457 e. The number of hydrogen-bond acceptors (Lipinski definition) is 9. The monoisotopic (exact) mass is 734 g/mol. The summed E-state index contributed by atoms with van der Waals surface area (Å²) in [5.41, 5.74) is 5.35. The molecule has 10 nitrogen and oxygen atoms in total. The first-order valence-corrected chi connectivity index (χ1v) is 21.6. The highest BCUT2D eigenvalue weighted by Crippen LogP contribution is 2.43. The molecule has 0 heterocycles. The van der Waals surface area contributed by atoms with E-state index in [2.05, 4.69) is 24.8 Å². The molecule has 0 radical (unpaired) electrons. The minimum atomic E-state index is -4.29. The topological polar surface area (TPSA) is 147 Å². The molecule has 11 heteroatoms. The van der Waals surface area contributed by atoms with Crippen LogP contribution in [0.15, 0.2) is 24.3 Å². The second-order valence-electron chi connectivity index (χ2n) is 13.4. The maximum Gasteiger partial charge on any atom is 0.472 e. The largest absolute Gasteiger partial charge is 0.472 e. The highest BCUT2D eigenvalue weighted by Gasteiger charge is 2.25. The Bertz CT molecular complexity index is 842. The fraction of sp³-hybridized carbons (Fsp3) is 0.872. The van der Waals surface area contributed by atoms with Gasteiger partial charge >= 0.3 is 13.8 Å². The Kier molecular flexibility index (Phi) is 36.8. The Labute approximate surface area is 305 Å². The average Bonchev–Trinajstić information content (AvgIpc) is 3.11. The molecule has 0 aliphatic rings. The normalized spacial score (nSPS) is 14.4. The van der Waals surface area contributed by atoms with Crippen LogP contribution in [-0.2, 0) is 32.8 Å². The van der Waals surface area contributed by atoms with Crippen LogP contribution < -0.4 is 5.73 Å². The SMILES string of the molecule is CCCCCCCCCCCCCCCCOCC(COP(=O)(O)OCCN)OC(=O)CCCCCCC/C=C\C=C\C(CCCCC)OO. The van der Waals surface area contributed by atoms with Crippen molar-refractivity contribution >= 4 is 13.8 Å². The van der Waals surface area contributed by atoms with Crippen LogP contribution in [0.5, 0.6) is 0 Å². The zero-order valence-electron chi connectivity index (χ0n) is 32.0. The molecule has 0 saturated carbocycles. The van der Waals surface area contributed by atoms with Gasteiger partial charge in [0.1, 0.15) is 12.2 Å². The fourth-order valence-electron chi connectivity index (χ4n) is 5.56. The Morgan fingerprint density at radius 3 is 1.86 bits per heavy atom. The molecule has 296 valence electrons. The van der Waals surface area contributed by atoms with Gasteiger partial charge in [-0.05, 0) is 32.1 Å². The lowest BCUT2D eigenvalue weighted by Crippen LogP contribution is -2.28. The molecule has 3 atom stereocenters. The van der Waals surface area contributed by atoms with E-state index < -0.39 is 13.9 Å². The second-order valence-corrected chi connectivity index (χ2v) is 14.9. The van der Waals surface area contributed by atoms with Crippen molar-refractivity contribution in [2.45, 2.75) is 187 Å². The molecule has 0 aliphatic carbocycles. The Morgan fingerprint density at radius 2 is 1.26 bits per heavy atom. The van der Waals surface area contributed by atoms with Gasteiger partial charge in [-0.1, -0.05) is 160 Å². The highest BCUT2D eigenvalue weighted by atomic mass is 31.2. The van der Waals surface area contributed by atoms with Gasteiger partial charge in [0.15, 0.2) is 0 Å². The zero-order chi connectivity index (χ0) is 36.8. The van der Waals surface area contributed by atoms with Crippen LogP contribution in [0.1, 0.15) is 174 Å². The minimum absolute atomic E-state index is 0.0869. The molecule has 0 aromatic heterocycles. The van der Waals surface area contributed by atoms with Gasteiger partial charge in [-0.25, -0.2) is 9.45 Å². The highest BCUT2D eigenvalue weighted by molar-refractivity contribution is 7.47. The molecule has 3 unspecified atom stereocenters. The number of hydrogen-bond donors (Lipinski definition) is 3. The number of ether oxygens (including phenoxy) is 2. The molecular formula is C39H76NO9P. The van der Waals surface area contributed by atoms with Crippen LogP contribution in [0, 0.1) is 0 Å². The average molecular weight is 734 g/mol. The molecule has 0 rings (SSSR count). The van der Waals surface area contributed by atoms with Gasteiger partial charge < -0.3 is 20.1 Å². The summed E-state index contributed by atoms with van der Waals surface area (Å²) in [5.74, 6) is -0.371. The van der Waals surface area contributed by atoms with Crippen molar-refractivity contribution in [3.8, 4) is 0 Å². The molecule has 0 aromatic carbocycles. The van der Waals surface area contributed by atoms with E-state index in [0.29, 0.717) is 13.0 Å². The van der Waals surface area contributed by atoms with Crippen molar-refractivity contribution in [2.24, 2.45) is 5.73 Å². The second kappa shape index (κ2) is 37.7. The molecule has 0 amide bonds. The van der Waals surface area contributed by atoms with Crippen molar-refractivity contribution < 1.29 is 42.9 Å². The predicted molar refractivity (Wildman–Crippen MR) is 204 cm³/mol. The summed E-state index contributed by atoms with van der Waals surface area (Å²) < 4.78 is 33.3. The van der Waals surface area contributed by atoms with E-state index in [1.54, 1.807) is 0 Å². The van der Waals surface area contributed by atoms with E-state index in [4.69, 9.17) is 29.5 Å². The number of esters is 1. The van der Waals surface area contributed by atoms with Gasteiger partial charge in [-0.2, -0.15) is 0 Å². The van der Waals surface area contributed by atoms with Crippen molar-refractivity contribution in [3.05, 3.63) is 24.3 Å². The fourth-order valence-corrected chi connectivity index (χ4v) is 6.33. The molecule has 0 aromatic rings. The number of carbonyl (C=O) groups excluding carboxylic acids is 1. The maximum absolute atomic E-state index is 12.5. The van der Waals surface area contributed by atoms with E-state index in [-0.39, 0.29) is 44.9 Å². The molecule has 0 bridgehead atoms. The molecule has 0 aliphatic heterocycles. The van der Waals surface area contributed by atoms with E-state index in [1.807, 2.05) is 18.2 Å². The first-order valence-electron chi connectivity index (χ1n) is 20.1. The van der Waals surface area contributed by atoms with Crippen molar-refractivity contribution in [2.75, 3.05) is 33.0 Å². The summed E-state index contributed by atoms with van der Waals surface area (Å²) in [7, 11) is -4.29. The van der Waals surface area contributed by atoms with Crippen LogP contribution in [0.4, 0.5) is 0 Å². The molecule has 0 spiro atoms. The van der Waals surface area contributed by atoms with Crippen molar-refractivity contribution in [1.82, 2.24) is 0 Å². The summed E-state index contributed by atoms with van der Waals surface area (Å²) in [6.45, 7) is 4.72. The number of allylic oxidation sites excluding steroid dienone is 3. The van der Waals surface area contributed by atoms with Crippen molar-refractivity contribution in [1.29, 1.82) is 0 Å². The number of carbonyl (C=O) groups is 1. The van der Waals surface area contributed by atoms with Crippen LogP contribution in [-0.4, -0.2) is 61.3 Å². The number of phosphoric ester groups is 1. The molecule has 50 heavy (non-hydrogen) atoms. The molecule has 0 saturated heterocycles. The predicted octanol–water partition coefficient (Wildman–Crippen LogP) is 10.8. The number of phosphoric acid groups is 1. The quantitative estimate of drug-likeness (QED) is 0.0139. The molecular weight excluding hydrogens is 657 g/mol. The summed E-state index contributed by atoms with van der Waals surface area (Å²) in [6, 6.07) is 0. The standard InChI is InChI=1S/C39H76NO9P/c1-3-5-7-8-9-10-11-12-13-14-18-21-24-28-33-45-35-38(36-47-50(43,44)46-34-32-40)48-39(41)31-27-23-20-17-15-16-19-22-26-30-37(49-42)29-25-6-4-2/h19,22,26,30,37-38,42H,3-18,20-21,23-25,27-29,31-36,40H2,1-2H3,(H,43,44)/b22-19-,30-26+. The molecule has 4 N–H and O–H groups in total. The first-order chi connectivity index (χ1) is 24.4. The van der Waals surface area contributed by atoms with Crippen LogP contribution in [0.25, 0.3) is 0 Å². The lowest BCUT2D eigenvalue weighted by molar-refractivity contribution is -0.267. The number of nitrogens with two attached hydrogens (primary N) is 1. The van der Waals surface area contributed by atoms with E-state index in [0.717, 1.165) is 70.6 Å². The summed E-state index contributed by atoms with van der Waals surface area (Å²) >= 11 is 0. The van der Waals surface area contributed by atoms with Gasteiger partial charge in [0, 0.05) is 19.6 Å². The van der Waals surface area contributed by atoms with Gasteiger partial charge in [-0.15, -0.1) is 0 Å². The minimum Gasteiger partial charge on any atom is -0.457 e. The Hall–Kier alpha value is -1.10. The van der Waals surface area contributed by atoms with Crippen LogP contribution in [0.2, 0.25) is 0 Å². The zero-order valence-corrected chi connectivity index (χ0v) is 32.8. The van der Waals surface area contributed by atoms with E-state index in [1.165, 1.54) is 77.0 Å². The van der Waals surface area contributed by atoms with Gasteiger partial charge in [0.2, 0.25) is 0 Å². The van der Waals surface area contributed by atoms with Crippen LogP contribution >= 0.6 is 7.82 Å². The lowest BCUT2D eigenvalue weighted by Gasteiger charge is -2.20. The van der Waals surface area contributed by atoms with E-state index in [9.17, 15) is 14.3 Å². The summed E-state index contributed by atoms with van der Waals surface area (Å²) in [5, 5.41) is 9.00. The van der Waals surface area contributed by atoms with Gasteiger partial charge in [-0.3, -0.25) is 19.1 Å². The number of rotatable bonds is 39. The van der Waals surface area contributed by atoms with Gasteiger partial charge in [0.25, 0.3) is 0 Å². The third kappa shape index (κ3) is 35.3. The summed E-state index contributed by atoms with van der Waals surface area (Å²) in [6.07, 6.45) is 35.0. The Morgan fingerprint density at radius 1 is 0.700 bits per heavy atom. The maximum atomic E-state index is 12.5. The van der Waals surface area contributed by atoms with Crippen LogP contribution in [0.3, 0.4) is 0 Å². The molecule has 0 fully saturated rings. The number of unbranched alkanes of at least 4 members (excludes halogenated alkanes) is 20. The first kappa shape index (κ1) is 48.9. The van der Waals surface area contributed by atoms with E-state index >= 15 is 0 Å². The van der Waals surface area contributed by atoms with Crippen molar-refractivity contribution in [3.63, 3.8) is 0 Å². The lowest BCUT2D eigenvalue weighted by atomic mass is 10.0. The Balaban J connectivity index is 4.17.